The van der Waals surface area contributed by atoms with Gasteiger partial charge in [-0.3, -0.25) is 0 Å². The van der Waals surface area contributed by atoms with Crippen molar-refractivity contribution in [1.82, 2.24) is 4.72 Å². The van der Waals surface area contributed by atoms with Crippen LogP contribution in [0.25, 0.3) is 0 Å². The lowest BCUT2D eigenvalue weighted by Gasteiger charge is -2.03. The third kappa shape index (κ3) is 3.08. The van der Waals surface area contributed by atoms with E-state index in [1.165, 1.54) is 17.4 Å². The van der Waals surface area contributed by atoms with E-state index in [0.29, 0.717) is 5.69 Å². The van der Waals surface area contributed by atoms with Crippen molar-refractivity contribution in [2.24, 2.45) is 0 Å². The molecule has 0 aliphatic rings. The molecule has 92 valence electrons. The predicted molar refractivity (Wildman–Crippen MR) is 74.8 cm³/mol. The fraction of sp³-hybridized carbons (Fsp3) is 0.111. The highest BCUT2D eigenvalue weighted by Gasteiger charge is 2.16. The van der Waals surface area contributed by atoms with Gasteiger partial charge in [0.05, 0.1) is 0 Å². The summed E-state index contributed by atoms with van der Waals surface area (Å²) < 4.78 is 27.5. The van der Waals surface area contributed by atoms with E-state index < -0.39 is 10.0 Å². The molecule has 4 nitrogen and oxygen atoms in total. The largest absolute Gasteiger partial charge is 0.398 e. The Morgan fingerprint density at radius 3 is 2.71 bits per heavy atom. The smallest absolute Gasteiger partial charge is 0.250 e. The molecule has 0 saturated carbocycles. The second kappa shape index (κ2) is 5.07. The summed E-state index contributed by atoms with van der Waals surface area (Å²) in [5, 5.41) is 3.51. The van der Waals surface area contributed by atoms with Crippen molar-refractivity contribution in [3.63, 3.8) is 0 Å². The standard InChI is InChI=1S/C9H9BrN2O2S3/c10-7-1-2-15-8(7)4-12-17(13,14)9-3-6(11)5-16-9/h1-3,5,12H,4,11H2. The molecule has 0 unspecified atom stereocenters. The minimum absolute atomic E-state index is 0.239. The van der Waals surface area contributed by atoms with Crippen LogP contribution in [0.15, 0.2) is 31.6 Å². The molecule has 8 heteroatoms. The van der Waals surface area contributed by atoms with E-state index in [0.717, 1.165) is 20.7 Å². The minimum atomic E-state index is -3.46. The molecule has 0 saturated heterocycles. The van der Waals surface area contributed by atoms with E-state index in [1.54, 1.807) is 5.38 Å². The fourth-order valence-corrected chi connectivity index (χ4v) is 4.80. The summed E-state index contributed by atoms with van der Waals surface area (Å²) in [6.07, 6.45) is 0. The number of rotatable bonds is 4. The van der Waals surface area contributed by atoms with Gasteiger partial charge in [0.25, 0.3) is 0 Å². The summed E-state index contributed by atoms with van der Waals surface area (Å²) in [5.41, 5.74) is 5.97. The van der Waals surface area contributed by atoms with Crippen LogP contribution in [-0.2, 0) is 16.6 Å². The maximum atomic E-state index is 11.9. The molecule has 0 aromatic carbocycles. The van der Waals surface area contributed by atoms with Crippen molar-refractivity contribution in [3.05, 3.63) is 32.2 Å². The molecule has 0 amide bonds. The normalized spacial score (nSPS) is 11.8. The van der Waals surface area contributed by atoms with Crippen LogP contribution in [-0.4, -0.2) is 8.42 Å². The molecule has 0 radical (unpaired) electrons. The van der Waals surface area contributed by atoms with Gasteiger partial charge >= 0.3 is 0 Å². The molecule has 2 heterocycles. The third-order valence-electron chi connectivity index (χ3n) is 1.97. The Balaban J connectivity index is 2.11. The quantitative estimate of drug-likeness (QED) is 0.888. The molecule has 0 atom stereocenters. The van der Waals surface area contributed by atoms with Crippen LogP contribution in [0.4, 0.5) is 5.69 Å². The van der Waals surface area contributed by atoms with E-state index in [-0.39, 0.29) is 10.8 Å². The average Bonchev–Trinajstić information content (AvgIpc) is 2.85. The predicted octanol–water partition coefficient (Wildman–Crippen LogP) is 2.63. The monoisotopic (exact) mass is 352 g/mol. The molecule has 0 spiro atoms. The lowest BCUT2D eigenvalue weighted by Crippen LogP contribution is -2.22. The van der Waals surface area contributed by atoms with Gasteiger partial charge in [0.1, 0.15) is 4.21 Å². The molecule has 0 aliphatic carbocycles. The van der Waals surface area contributed by atoms with Crippen molar-refractivity contribution in [2.45, 2.75) is 10.8 Å². The van der Waals surface area contributed by atoms with Crippen LogP contribution < -0.4 is 10.5 Å². The second-order valence-corrected chi connectivity index (χ2v) is 7.98. The van der Waals surface area contributed by atoms with Gasteiger partial charge in [-0.1, -0.05) is 0 Å². The number of hydrogen-bond donors (Lipinski definition) is 2. The number of sulfonamides is 1. The number of thiophene rings is 2. The SMILES string of the molecule is Nc1csc(S(=O)(=O)NCc2sccc2Br)c1. The van der Waals surface area contributed by atoms with Gasteiger partial charge in [-0.15, -0.1) is 22.7 Å². The molecule has 0 aliphatic heterocycles. The highest BCUT2D eigenvalue weighted by Crippen LogP contribution is 2.24. The van der Waals surface area contributed by atoms with Crippen molar-refractivity contribution in [1.29, 1.82) is 0 Å². The molecule has 3 N–H and O–H groups in total. The highest BCUT2D eigenvalue weighted by atomic mass is 79.9. The van der Waals surface area contributed by atoms with E-state index in [9.17, 15) is 8.42 Å². The van der Waals surface area contributed by atoms with Gasteiger partial charge in [-0.05, 0) is 33.4 Å². The topological polar surface area (TPSA) is 72.2 Å². The fourth-order valence-electron chi connectivity index (χ4n) is 1.15. The van der Waals surface area contributed by atoms with Gasteiger partial charge in [-0.25, -0.2) is 13.1 Å². The number of anilines is 1. The van der Waals surface area contributed by atoms with Gasteiger partial charge in [0.2, 0.25) is 10.0 Å². The number of hydrogen-bond acceptors (Lipinski definition) is 5. The number of nitrogens with two attached hydrogens (primary N) is 1. The number of nitrogens with one attached hydrogen (secondary N) is 1. The first-order valence-corrected chi connectivity index (χ1v) is 8.58. The first kappa shape index (κ1) is 13.0. The summed E-state index contributed by atoms with van der Waals surface area (Å²) in [5.74, 6) is 0. The average molecular weight is 353 g/mol. The lowest BCUT2D eigenvalue weighted by molar-refractivity contribution is 0.584. The van der Waals surface area contributed by atoms with Crippen LogP contribution in [0.1, 0.15) is 4.88 Å². The Kier molecular flexibility index (Phi) is 3.88. The van der Waals surface area contributed by atoms with E-state index in [1.807, 2.05) is 11.4 Å². The Morgan fingerprint density at radius 2 is 2.18 bits per heavy atom. The summed E-state index contributed by atoms with van der Waals surface area (Å²) in [6, 6.07) is 3.34. The summed E-state index contributed by atoms with van der Waals surface area (Å²) in [4.78, 5) is 0.943. The maximum Gasteiger partial charge on any atom is 0.250 e. The summed E-state index contributed by atoms with van der Waals surface area (Å²) >= 11 is 5.96. The van der Waals surface area contributed by atoms with Crippen LogP contribution in [0.3, 0.4) is 0 Å². The highest BCUT2D eigenvalue weighted by molar-refractivity contribution is 9.10. The van der Waals surface area contributed by atoms with Crippen molar-refractivity contribution < 1.29 is 8.42 Å². The molecule has 2 rings (SSSR count). The van der Waals surface area contributed by atoms with E-state index in [2.05, 4.69) is 20.7 Å². The first-order valence-electron chi connectivity index (χ1n) is 4.54. The van der Waals surface area contributed by atoms with Crippen molar-refractivity contribution in [2.75, 3.05) is 5.73 Å². The third-order valence-corrected chi connectivity index (χ3v) is 6.76. The Labute approximate surface area is 116 Å². The number of nitrogen functional groups attached to an aromatic ring is 1. The zero-order valence-electron chi connectivity index (χ0n) is 8.51. The van der Waals surface area contributed by atoms with Crippen LogP contribution in [0.5, 0.6) is 0 Å². The molecule has 0 fully saturated rings. The molecule has 2 aromatic rings. The lowest BCUT2D eigenvalue weighted by atomic mass is 10.5. The minimum Gasteiger partial charge on any atom is -0.398 e. The molecule has 0 bridgehead atoms. The van der Waals surface area contributed by atoms with Gasteiger partial charge in [0.15, 0.2) is 0 Å². The Bertz CT molecular complexity index is 618. The van der Waals surface area contributed by atoms with Gasteiger partial charge < -0.3 is 5.73 Å². The Morgan fingerprint density at radius 1 is 1.41 bits per heavy atom. The van der Waals surface area contributed by atoms with Crippen LogP contribution in [0.2, 0.25) is 0 Å². The Hall–Kier alpha value is -0.410. The molecule has 17 heavy (non-hydrogen) atoms. The zero-order valence-corrected chi connectivity index (χ0v) is 12.5. The summed E-state index contributed by atoms with van der Waals surface area (Å²) in [6.45, 7) is 0.276. The second-order valence-electron chi connectivity index (χ2n) is 3.22. The van der Waals surface area contributed by atoms with E-state index in [4.69, 9.17) is 5.73 Å². The van der Waals surface area contributed by atoms with Crippen LogP contribution in [0, 0.1) is 0 Å². The molecule has 2 aromatic heterocycles. The zero-order chi connectivity index (χ0) is 12.5. The van der Waals surface area contributed by atoms with E-state index >= 15 is 0 Å². The molecular weight excluding hydrogens is 344 g/mol. The number of halogens is 1. The van der Waals surface area contributed by atoms with Gasteiger partial charge in [0, 0.05) is 27.0 Å². The van der Waals surface area contributed by atoms with Gasteiger partial charge in [-0.2, -0.15) is 0 Å². The molecular formula is C9H9BrN2O2S3. The van der Waals surface area contributed by atoms with Crippen LogP contribution >= 0.6 is 38.6 Å². The van der Waals surface area contributed by atoms with Crippen molar-refractivity contribution >= 4 is 54.3 Å². The van der Waals surface area contributed by atoms with Crippen molar-refractivity contribution in [3.8, 4) is 0 Å². The first-order chi connectivity index (χ1) is 7.99. The maximum absolute atomic E-state index is 11.9. The summed E-state index contributed by atoms with van der Waals surface area (Å²) in [7, 11) is -3.46.